The fraction of sp³-hybridized carbons (Fsp3) is 0.125. The average molecular weight is 406 g/mol. The van der Waals surface area contributed by atoms with Crippen LogP contribution in [0.2, 0.25) is 5.02 Å². The summed E-state index contributed by atoms with van der Waals surface area (Å²) in [6.07, 6.45) is 1.62. The Hall–Kier alpha value is -3.08. The summed E-state index contributed by atoms with van der Waals surface area (Å²) >= 11 is 6.20. The van der Waals surface area contributed by atoms with Gasteiger partial charge >= 0.3 is 0 Å². The van der Waals surface area contributed by atoms with Gasteiger partial charge in [0.15, 0.2) is 5.76 Å². The maximum atomic E-state index is 12.8. The molecule has 0 aliphatic carbocycles. The number of halogens is 1. The third-order valence-corrected chi connectivity index (χ3v) is 5.26. The summed E-state index contributed by atoms with van der Waals surface area (Å²) in [7, 11) is 2.02. The van der Waals surface area contributed by atoms with Crippen LogP contribution in [-0.4, -0.2) is 12.8 Å². The van der Waals surface area contributed by atoms with Crippen molar-refractivity contribution in [2.75, 3.05) is 7.05 Å². The molecule has 0 spiro atoms. The standard InChI is InChI=1S/C24H20ClNO3/c1-26(14-16-7-3-2-4-8-16)15-19-21(27)12-11-18-23(28)22(29-24(18)19)13-17-9-5-6-10-20(17)25/h2-13,27H,14-15H2,1H3. The lowest BCUT2D eigenvalue weighted by Gasteiger charge is -2.20. The average Bonchev–Trinajstić information content (AvgIpc) is 3.02. The Morgan fingerprint density at radius 3 is 2.48 bits per heavy atom. The molecule has 0 aromatic heterocycles. The number of benzene rings is 3. The van der Waals surface area contributed by atoms with E-state index in [2.05, 4.69) is 12.1 Å². The zero-order valence-corrected chi connectivity index (χ0v) is 16.7. The van der Waals surface area contributed by atoms with Gasteiger partial charge in [0.2, 0.25) is 5.78 Å². The predicted octanol–water partition coefficient (Wildman–Crippen LogP) is 3.24. The zero-order valence-electron chi connectivity index (χ0n) is 15.9. The lowest BCUT2D eigenvalue weighted by atomic mass is 10.0. The Labute approximate surface area is 174 Å². The molecule has 1 N–H and O–H groups in total. The number of Topliss-reactive ketones (excluding diaryl/α,β-unsaturated/α-hetero) is 1. The van der Waals surface area contributed by atoms with E-state index in [-0.39, 0.29) is 17.3 Å². The Morgan fingerprint density at radius 1 is 1.00 bits per heavy atom. The maximum Gasteiger partial charge on any atom is 0.231 e. The summed E-state index contributed by atoms with van der Waals surface area (Å²) in [6.45, 7) is 1.23. The first-order valence-electron chi connectivity index (χ1n) is 9.40. The minimum absolute atomic E-state index is 0.122. The molecule has 0 fully saturated rings. The van der Waals surface area contributed by atoms with Crippen LogP contribution in [-0.2, 0) is 13.1 Å². The number of rotatable bonds is 5. The normalized spacial score (nSPS) is 15.2. The number of quaternary nitrogens is 1. The molecule has 3 aromatic carbocycles. The minimum Gasteiger partial charge on any atom is -0.872 e. The molecule has 4 rings (SSSR count). The van der Waals surface area contributed by atoms with E-state index in [9.17, 15) is 9.90 Å². The van der Waals surface area contributed by atoms with Gasteiger partial charge < -0.3 is 14.7 Å². The molecule has 1 aliphatic heterocycles. The van der Waals surface area contributed by atoms with Crippen molar-refractivity contribution >= 4 is 23.5 Å². The van der Waals surface area contributed by atoms with Gasteiger partial charge in [0.05, 0.1) is 12.6 Å². The quantitative estimate of drug-likeness (QED) is 0.663. The number of fused-ring (bicyclic) bond motifs is 1. The molecule has 3 aromatic rings. The number of ether oxygens (including phenoxy) is 1. The molecule has 1 heterocycles. The van der Waals surface area contributed by atoms with Crippen LogP contribution < -0.4 is 14.7 Å². The second kappa shape index (κ2) is 8.11. The first-order valence-corrected chi connectivity index (χ1v) is 9.77. The Balaban J connectivity index is 1.62. The first-order chi connectivity index (χ1) is 14.0. The molecule has 1 unspecified atom stereocenters. The van der Waals surface area contributed by atoms with Crippen LogP contribution in [0.1, 0.15) is 27.0 Å². The van der Waals surface area contributed by atoms with Gasteiger partial charge in [-0.3, -0.25) is 4.79 Å². The van der Waals surface area contributed by atoms with Gasteiger partial charge in [-0.2, -0.15) is 0 Å². The molecule has 1 atom stereocenters. The van der Waals surface area contributed by atoms with Gasteiger partial charge in [-0.05, 0) is 23.8 Å². The SMILES string of the molecule is C[NH+](Cc1ccccc1)Cc1c([O-])ccc2c1OC(=Cc1ccccc1Cl)C2=O. The summed E-state index contributed by atoms with van der Waals surface area (Å²) in [6, 6.07) is 20.3. The third-order valence-electron chi connectivity index (χ3n) is 4.92. The Bertz CT molecular complexity index is 1090. The highest BCUT2D eigenvalue weighted by Crippen LogP contribution is 2.38. The molecule has 146 valence electrons. The van der Waals surface area contributed by atoms with Crippen molar-refractivity contribution in [3.63, 3.8) is 0 Å². The van der Waals surface area contributed by atoms with Gasteiger partial charge in [0, 0.05) is 16.1 Å². The molecule has 0 bridgehead atoms. The molecule has 4 nitrogen and oxygen atoms in total. The van der Waals surface area contributed by atoms with Crippen molar-refractivity contribution < 1.29 is 19.5 Å². The third kappa shape index (κ3) is 4.04. The number of allylic oxidation sites excluding steroid dienone is 1. The van der Waals surface area contributed by atoms with E-state index < -0.39 is 0 Å². The zero-order chi connectivity index (χ0) is 20.4. The van der Waals surface area contributed by atoms with Crippen LogP contribution in [0.3, 0.4) is 0 Å². The number of hydrogen-bond donors (Lipinski definition) is 1. The van der Waals surface area contributed by atoms with Gasteiger partial charge in [0.1, 0.15) is 18.8 Å². The van der Waals surface area contributed by atoms with Gasteiger partial charge in [-0.25, -0.2) is 0 Å². The fourth-order valence-corrected chi connectivity index (χ4v) is 3.69. The van der Waals surface area contributed by atoms with E-state index in [1.54, 1.807) is 18.2 Å². The second-order valence-electron chi connectivity index (χ2n) is 7.18. The van der Waals surface area contributed by atoms with Gasteiger partial charge in [-0.15, -0.1) is 0 Å². The van der Waals surface area contributed by atoms with E-state index in [0.29, 0.717) is 34.0 Å². The minimum atomic E-state index is -0.234. The Morgan fingerprint density at radius 2 is 1.72 bits per heavy atom. The molecule has 5 heteroatoms. The predicted molar refractivity (Wildman–Crippen MR) is 111 cm³/mol. The lowest BCUT2D eigenvalue weighted by molar-refractivity contribution is -0.907. The molecule has 0 radical (unpaired) electrons. The van der Waals surface area contributed by atoms with E-state index in [0.717, 1.165) is 11.4 Å². The summed E-state index contributed by atoms with van der Waals surface area (Å²) in [5.41, 5.74) is 2.82. The smallest absolute Gasteiger partial charge is 0.231 e. The molecular formula is C24H20ClNO3. The number of ketones is 1. The Kier molecular flexibility index (Phi) is 5.38. The number of carbonyl (C=O) groups excluding carboxylic acids is 1. The first kappa shape index (κ1) is 19.2. The summed E-state index contributed by atoms with van der Waals surface area (Å²) in [5, 5.41) is 13.1. The molecule has 0 saturated carbocycles. The van der Waals surface area contributed by atoms with Crippen molar-refractivity contribution in [3.8, 4) is 11.5 Å². The fourth-order valence-electron chi connectivity index (χ4n) is 3.50. The highest BCUT2D eigenvalue weighted by atomic mass is 35.5. The highest BCUT2D eigenvalue weighted by Gasteiger charge is 2.30. The van der Waals surface area contributed by atoms with Crippen LogP contribution in [0, 0.1) is 0 Å². The summed E-state index contributed by atoms with van der Waals surface area (Å²) in [5.74, 6) is 0.193. The van der Waals surface area contributed by atoms with Crippen molar-refractivity contribution in [1.29, 1.82) is 0 Å². The molecule has 1 aliphatic rings. The molecule has 0 saturated heterocycles. The van der Waals surface area contributed by atoms with Crippen molar-refractivity contribution in [1.82, 2.24) is 0 Å². The number of carbonyl (C=O) groups is 1. The van der Waals surface area contributed by atoms with Crippen LogP contribution >= 0.6 is 11.6 Å². The van der Waals surface area contributed by atoms with Gasteiger partial charge in [0.25, 0.3) is 0 Å². The second-order valence-corrected chi connectivity index (χ2v) is 7.58. The van der Waals surface area contributed by atoms with Crippen molar-refractivity contribution in [3.05, 3.63) is 99.8 Å². The van der Waals surface area contributed by atoms with Crippen molar-refractivity contribution in [2.45, 2.75) is 13.1 Å². The van der Waals surface area contributed by atoms with Crippen LogP contribution in [0.4, 0.5) is 0 Å². The highest BCUT2D eigenvalue weighted by molar-refractivity contribution is 6.32. The van der Waals surface area contributed by atoms with Gasteiger partial charge in [-0.1, -0.05) is 71.9 Å². The van der Waals surface area contributed by atoms with E-state index >= 15 is 0 Å². The van der Waals surface area contributed by atoms with E-state index in [1.165, 1.54) is 11.6 Å². The van der Waals surface area contributed by atoms with E-state index in [4.69, 9.17) is 16.3 Å². The summed E-state index contributed by atoms with van der Waals surface area (Å²) < 4.78 is 5.88. The molecule has 0 amide bonds. The van der Waals surface area contributed by atoms with Crippen LogP contribution in [0.25, 0.3) is 6.08 Å². The maximum absolute atomic E-state index is 12.8. The van der Waals surface area contributed by atoms with Crippen LogP contribution in [0.5, 0.6) is 11.5 Å². The largest absolute Gasteiger partial charge is 0.872 e. The summed E-state index contributed by atoms with van der Waals surface area (Å²) in [4.78, 5) is 13.9. The molecular weight excluding hydrogens is 386 g/mol. The topological polar surface area (TPSA) is 53.8 Å². The van der Waals surface area contributed by atoms with E-state index in [1.807, 2.05) is 43.4 Å². The lowest BCUT2D eigenvalue weighted by Crippen LogP contribution is -3.06. The monoisotopic (exact) mass is 405 g/mol. The number of hydrogen-bond acceptors (Lipinski definition) is 3. The molecule has 29 heavy (non-hydrogen) atoms. The van der Waals surface area contributed by atoms with Crippen LogP contribution in [0.15, 0.2) is 72.5 Å². The number of nitrogens with one attached hydrogen (secondary N) is 1. The van der Waals surface area contributed by atoms with Crippen molar-refractivity contribution in [2.24, 2.45) is 0 Å².